The summed E-state index contributed by atoms with van der Waals surface area (Å²) in [6.45, 7) is 4.18. The topological polar surface area (TPSA) is 85.1 Å². The van der Waals surface area contributed by atoms with Crippen LogP contribution in [0.15, 0.2) is 27.6 Å². The predicted molar refractivity (Wildman–Crippen MR) is 88.4 cm³/mol. The third-order valence-corrected chi connectivity index (χ3v) is 4.88. The summed E-state index contributed by atoms with van der Waals surface area (Å²) in [4.78, 5) is 4.27. The first-order valence-corrected chi connectivity index (χ1v) is 9.30. The Bertz CT molecular complexity index is 755. The molecule has 6 nitrogen and oxygen atoms in total. The Hall–Kier alpha value is -1.15. The fraction of sp³-hybridized carbons (Fsp3) is 0.429. The Balaban J connectivity index is 1.89. The van der Waals surface area contributed by atoms with Gasteiger partial charge in [-0.3, -0.25) is 0 Å². The lowest BCUT2D eigenvalue weighted by Gasteiger charge is -2.07. The molecule has 0 atom stereocenters. The van der Waals surface area contributed by atoms with E-state index in [0.29, 0.717) is 24.6 Å². The lowest BCUT2D eigenvalue weighted by Crippen LogP contribution is -2.25. The van der Waals surface area contributed by atoms with Crippen LogP contribution in [0.4, 0.5) is 0 Å². The van der Waals surface area contributed by atoms with Crippen LogP contribution in [0.5, 0.6) is 0 Å². The van der Waals surface area contributed by atoms with Gasteiger partial charge in [-0.25, -0.2) is 13.1 Å². The Morgan fingerprint density at radius 3 is 2.43 bits per heavy atom. The summed E-state index contributed by atoms with van der Waals surface area (Å²) >= 11 is 11.6. The van der Waals surface area contributed by atoms with Gasteiger partial charge in [0.15, 0.2) is 5.82 Å². The molecule has 9 heteroatoms. The van der Waals surface area contributed by atoms with Gasteiger partial charge in [0.2, 0.25) is 15.9 Å². The molecule has 2 rings (SSSR count). The molecular formula is C14H17Cl2N3O3S. The van der Waals surface area contributed by atoms with Gasteiger partial charge in [0.05, 0.1) is 4.90 Å². The van der Waals surface area contributed by atoms with Gasteiger partial charge in [0.25, 0.3) is 0 Å². The average molecular weight is 378 g/mol. The van der Waals surface area contributed by atoms with E-state index < -0.39 is 10.0 Å². The van der Waals surface area contributed by atoms with Crippen molar-refractivity contribution in [1.82, 2.24) is 14.9 Å². The minimum atomic E-state index is -3.65. The van der Waals surface area contributed by atoms with Crippen LogP contribution in [-0.2, 0) is 16.4 Å². The zero-order chi connectivity index (χ0) is 17.0. The molecule has 0 aliphatic carbocycles. The summed E-state index contributed by atoms with van der Waals surface area (Å²) in [6, 6.07) is 4.18. The molecule has 1 aromatic carbocycles. The monoisotopic (exact) mass is 377 g/mol. The molecule has 1 heterocycles. The van der Waals surface area contributed by atoms with Gasteiger partial charge in [-0.1, -0.05) is 42.2 Å². The van der Waals surface area contributed by atoms with Crippen LogP contribution in [0.25, 0.3) is 0 Å². The van der Waals surface area contributed by atoms with Gasteiger partial charge in [-0.15, -0.1) is 0 Å². The second kappa shape index (κ2) is 7.61. The average Bonchev–Trinajstić information content (AvgIpc) is 2.91. The van der Waals surface area contributed by atoms with Gasteiger partial charge in [0.1, 0.15) is 0 Å². The maximum Gasteiger partial charge on any atom is 0.240 e. The first-order chi connectivity index (χ1) is 10.8. The van der Waals surface area contributed by atoms with Gasteiger partial charge in [0, 0.05) is 28.9 Å². The van der Waals surface area contributed by atoms with Crippen LogP contribution in [0.1, 0.15) is 37.9 Å². The van der Waals surface area contributed by atoms with E-state index in [-0.39, 0.29) is 27.4 Å². The molecule has 0 saturated carbocycles. The van der Waals surface area contributed by atoms with E-state index in [1.165, 1.54) is 18.2 Å². The van der Waals surface area contributed by atoms with E-state index in [9.17, 15) is 8.42 Å². The van der Waals surface area contributed by atoms with Crippen LogP contribution < -0.4 is 4.72 Å². The summed E-state index contributed by atoms with van der Waals surface area (Å²) in [5.41, 5.74) is 0. The second-order valence-electron chi connectivity index (χ2n) is 5.31. The van der Waals surface area contributed by atoms with Crippen molar-refractivity contribution >= 4 is 33.2 Å². The largest absolute Gasteiger partial charge is 0.339 e. The van der Waals surface area contributed by atoms with E-state index in [4.69, 9.17) is 27.7 Å². The number of hydrogen-bond acceptors (Lipinski definition) is 5. The number of nitrogens with zero attached hydrogens (tertiary/aromatic N) is 2. The number of sulfonamides is 1. The normalized spacial score (nSPS) is 12.0. The lowest BCUT2D eigenvalue weighted by atomic mass is 10.2. The van der Waals surface area contributed by atoms with E-state index in [1.54, 1.807) is 0 Å². The number of rotatable bonds is 7. The van der Waals surface area contributed by atoms with Crippen molar-refractivity contribution in [3.63, 3.8) is 0 Å². The van der Waals surface area contributed by atoms with Crippen molar-refractivity contribution in [3.05, 3.63) is 40.0 Å². The summed E-state index contributed by atoms with van der Waals surface area (Å²) in [7, 11) is -3.65. The lowest BCUT2D eigenvalue weighted by molar-refractivity contribution is 0.368. The first-order valence-electron chi connectivity index (χ1n) is 7.06. The molecule has 0 fully saturated rings. The minimum absolute atomic E-state index is 0.0369. The van der Waals surface area contributed by atoms with Gasteiger partial charge < -0.3 is 4.52 Å². The maximum absolute atomic E-state index is 12.2. The summed E-state index contributed by atoms with van der Waals surface area (Å²) < 4.78 is 31.9. The van der Waals surface area contributed by atoms with Gasteiger partial charge in [-0.2, -0.15) is 4.98 Å². The number of benzene rings is 1. The molecule has 0 bridgehead atoms. The molecule has 0 radical (unpaired) electrons. The van der Waals surface area contributed by atoms with Crippen molar-refractivity contribution in [2.24, 2.45) is 0 Å². The van der Waals surface area contributed by atoms with Gasteiger partial charge >= 0.3 is 0 Å². The Labute approximate surface area is 145 Å². The van der Waals surface area contributed by atoms with Crippen molar-refractivity contribution in [2.45, 2.75) is 37.5 Å². The summed E-state index contributed by atoms with van der Waals surface area (Å²) in [5, 5.41) is 4.39. The van der Waals surface area contributed by atoms with Crippen LogP contribution in [-0.4, -0.2) is 25.1 Å². The molecule has 0 saturated heterocycles. The highest BCUT2D eigenvalue weighted by Crippen LogP contribution is 2.22. The first kappa shape index (κ1) is 18.2. The molecule has 1 N–H and O–H groups in total. The van der Waals surface area contributed by atoms with Crippen molar-refractivity contribution in [1.29, 1.82) is 0 Å². The van der Waals surface area contributed by atoms with Crippen LogP contribution in [0.3, 0.4) is 0 Å². The zero-order valence-electron chi connectivity index (χ0n) is 12.7. The number of hydrogen-bond donors (Lipinski definition) is 1. The highest BCUT2D eigenvalue weighted by Gasteiger charge is 2.15. The number of aryl methyl sites for hydroxylation is 1. The molecule has 2 aromatic rings. The third-order valence-electron chi connectivity index (χ3n) is 3.01. The molecule has 0 unspecified atom stereocenters. The molecule has 0 aliphatic heterocycles. The third kappa shape index (κ3) is 5.17. The number of aromatic nitrogens is 2. The Kier molecular flexibility index (Phi) is 6.02. The zero-order valence-corrected chi connectivity index (χ0v) is 15.0. The van der Waals surface area contributed by atoms with Crippen LogP contribution in [0, 0.1) is 0 Å². The Morgan fingerprint density at radius 2 is 1.87 bits per heavy atom. The van der Waals surface area contributed by atoms with Crippen LogP contribution in [0.2, 0.25) is 10.0 Å². The van der Waals surface area contributed by atoms with E-state index in [0.717, 1.165) is 0 Å². The standard InChI is InChI=1S/C14H17Cl2N3O3S/c1-9(2)14-18-13(22-19-14)4-3-5-17-23(20,21)12-7-10(15)6-11(16)8-12/h6-9,17H,3-5H2,1-2H3. The number of nitrogens with one attached hydrogen (secondary N) is 1. The van der Waals surface area contributed by atoms with E-state index >= 15 is 0 Å². The molecule has 23 heavy (non-hydrogen) atoms. The van der Waals surface area contributed by atoms with Crippen LogP contribution >= 0.6 is 23.2 Å². The molecule has 0 amide bonds. The fourth-order valence-corrected chi connectivity index (χ4v) is 3.62. The summed E-state index contributed by atoms with van der Waals surface area (Å²) in [5.74, 6) is 1.34. The fourth-order valence-electron chi connectivity index (χ4n) is 1.82. The smallest absolute Gasteiger partial charge is 0.240 e. The predicted octanol–water partition coefficient (Wildman–Crippen LogP) is 3.41. The highest BCUT2D eigenvalue weighted by atomic mass is 35.5. The van der Waals surface area contributed by atoms with E-state index in [2.05, 4.69) is 14.9 Å². The molecular weight excluding hydrogens is 361 g/mol. The maximum atomic E-state index is 12.2. The van der Waals surface area contributed by atoms with Crippen molar-refractivity contribution < 1.29 is 12.9 Å². The van der Waals surface area contributed by atoms with Crippen molar-refractivity contribution in [2.75, 3.05) is 6.54 Å². The highest BCUT2D eigenvalue weighted by molar-refractivity contribution is 7.89. The minimum Gasteiger partial charge on any atom is -0.339 e. The Morgan fingerprint density at radius 1 is 1.22 bits per heavy atom. The second-order valence-corrected chi connectivity index (χ2v) is 7.95. The molecule has 1 aromatic heterocycles. The van der Waals surface area contributed by atoms with E-state index in [1.807, 2.05) is 13.8 Å². The quantitative estimate of drug-likeness (QED) is 0.747. The molecule has 126 valence electrons. The molecule has 0 aliphatic rings. The van der Waals surface area contributed by atoms with Gasteiger partial charge in [-0.05, 0) is 24.6 Å². The SMILES string of the molecule is CC(C)c1noc(CCCNS(=O)(=O)c2cc(Cl)cc(Cl)c2)n1. The van der Waals surface area contributed by atoms with Crippen molar-refractivity contribution in [3.8, 4) is 0 Å². The molecule has 0 spiro atoms. The number of halogens is 2. The summed E-state index contributed by atoms with van der Waals surface area (Å²) in [6.07, 6.45) is 1.03.